The average molecular weight is 504 g/mol. The number of ether oxygens (including phenoxy) is 4. The largest absolute Gasteiger partial charge is 0.507 e. The van der Waals surface area contributed by atoms with Gasteiger partial charge in [-0.3, -0.25) is 9.59 Å². The van der Waals surface area contributed by atoms with Crippen molar-refractivity contribution in [3.8, 4) is 23.0 Å². The highest BCUT2D eigenvalue weighted by Gasteiger charge is 2.46. The van der Waals surface area contributed by atoms with E-state index in [-0.39, 0.29) is 17.9 Å². The number of hydrogen-bond donors (Lipinski definition) is 1. The van der Waals surface area contributed by atoms with E-state index < -0.39 is 17.7 Å². The Morgan fingerprint density at radius 3 is 2.30 bits per heavy atom. The molecule has 8 nitrogen and oxygen atoms in total. The predicted molar refractivity (Wildman–Crippen MR) is 138 cm³/mol. The quantitative estimate of drug-likeness (QED) is 0.256. The molecule has 0 aliphatic carbocycles. The molecule has 1 aliphatic rings. The Hall–Kier alpha value is -4.46. The molecular weight excluding hydrogens is 474 g/mol. The number of likely N-dealkylation sites (tertiary alicyclic amines) is 1. The van der Waals surface area contributed by atoms with Gasteiger partial charge in [-0.25, -0.2) is 0 Å². The molecule has 0 bridgehead atoms. The number of hydrogen-bond acceptors (Lipinski definition) is 7. The normalized spacial score (nSPS) is 16.5. The van der Waals surface area contributed by atoms with Gasteiger partial charge in [-0.15, -0.1) is 0 Å². The van der Waals surface area contributed by atoms with Crippen molar-refractivity contribution in [3.63, 3.8) is 0 Å². The summed E-state index contributed by atoms with van der Waals surface area (Å²) in [7, 11) is 4.61. The highest BCUT2D eigenvalue weighted by Crippen LogP contribution is 2.42. The summed E-state index contributed by atoms with van der Waals surface area (Å²) in [4.78, 5) is 28.2. The summed E-state index contributed by atoms with van der Waals surface area (Å²) in [6, 6.07) is 18.3. The van der Waals surface area contributed by atoms with Crippen molar-refractivity contribution in [2.75, 3.05) is 27.9 Å². The molecule has 8 heteroatoms. The van der Waals surface area contributed by atoms with Crippen LogP contribution in [0, 0.1) is 0 Å². The first-order chi connectivity index (χ1) is 17.9. The van der Waals surface area contributed by atoms with Crippen molar-refractivity contribution in [1.82, 2.24) is 4.90 Å². The molecular formula is C29H29NO7. The Morgan fingerprint density at radius 1 is 0.865 bits per heavy atom. The van der Waals surface area contributed by atoms with Crippen LogP contribution in [-0.4, -0.2) is 49.6 Å². The molecule has 1 saturated heterocycles. The SMILES string of the molecule is CCOc1cccc(/C(O)=C2\C(=O)C(=O)N(Cc3ccc(OC)c(OC)c3)C2c2cccc(OC)c2)c1. The molecule has 1 aliphatic heterocycles. The van der Waals surface area contributed by atoms with E-state index in [0.29, 0.717) is 40.7 Å². The Balaban J connectivity index is 1.85. The number of carbonyl (C=O) groups is 2. The number of carbonyl (C=O) groups excluding carboxylic acids is 2. The summed E-state index contributed by atoms with van der Waals surface area (Å²) in [6.07, 6.45) is 0. The van der Waals surface area contributed by atoms with Gasteiger partial charge in [0.1, 0.15) is 17.3 Å². The van der Waals surface area contributed by atoms with Gasteiger partial charge < -0.3 is 29.0 Å². The number of benzene rings is 3. The molecule has 1 unspecified atom stereocenters. The van der Waals surface area contributed by atoms with Crippen LogP contribution in [0.3, 0.4) is 0 Å². The van der Waals surface area contributed by atoms with Gasteiger partial charge in [-0.1, -0.05) is 30.3 Å². The number of methoxy groups -OCH3 is 3. The van der Waals surface area contributed by atoms with Crippen LogP contribution in [0.2, 0.25) is 0 Å². The third-order valence-electron chi connectivity index (χ3n) is 6.17. The van der Waals surface area contributed by atoms with Crippen molar-refractivity contribution >= 4 is 17.4 Å². The monoisotopic (exact) mass is 503 g/mol. The van der Waals surface area contributed by atoms with Crippen molar-refractivity contribution in [2.24, 2.45) is 0 Å². The lowest BCUT2D eigenvalue weighted by molar-refractivity contribution is -0.140. The predicted octanol–water partition coefficient (Wildman–Crippen LogP) is 4.73. The van der Waals surface area contributed by atoms with Crippen molar-refractivity contribution in [1.29, 1.82) is 0 Å². The van der Waals surface area contributed by atoms with Gasteiger partial charge in [0.15, 0.2) is 11.5 Å². The summed E-state index contributed by atoms with van der Waals surface area (Å²) in [5.41, 5.74) is 1.72. The minimum Gasteiger partial charge on any atom is -0.507 e. The number of Topliss-reactive ketones (excluding diaryl/α,β-unsaturated/α-hetero) is 1. The first-order valence-corrected chi connectivity index (χ1v) is 11.8. The zero-order valence-corrected chi connectivity index (χ0v) is 21.2. The second kappa shape index (κ2) is 11.1. The zero-order valence-electron chi connectivity index (χ0n) is 21.2. The maximum absolute atomic E-state index is 13.4. The fourth-order valence-electron chi connectivity index (χ4n) is 4.43. The molecule has 0 aromatic heterocycles. The smallest absolute Gasteiger partial charge is 0.295 e. The molecule has 4 rings (SSSR count). The molecule has 0 spiro atoms. The van der Waals surface area contributed by atoms with Crippen LogP contribution >= 0.6 is 0 Å². The van der Waals surface area contributed by atoms with Gasteiger partial charge in [0, 0.05) is 12.1 Å². The first-order valence-electron chi connectivity index (χ1n) is 11.8. The summed E-state index contributed by atoms with van der Waals surface area (Å²) >= 11 is 0. The van der Waals surface area contributed by atoms with Gasteiger partial charge in [0.2, 0.25) is 0 Å². The number of nitrogens with zero attached hydrogens (tertiary/aromatic N) is 1. The maximum Gasteiger partial charge on any atom is 0.295 e. The van der Waals surface area contributed by atoms with Gasteiger partial charge in [-0.2, -0.15) is 0 Å². The second-order valence-electron chi connectivity index (χ2n) is 8.35. The molecule has 192 valence electrons. The molecule has 3 aromatic rings. The minimum absolute atomic E-state index is 0.00706. The molecule has 0 radical (unpaired) electrons. The molecule has 1 heterocycles. The Labute approximate surface area is 215 Å². The fourth-order valence-corrected chi connectivity index (χ4v) is 4.43. The number of aliphatic hydroxyl groups is 1. The van der Waals surface area contributed by atoms with E-state index in [1.807, 2.05) is 6.92 Å². The molecule has 1 amide bonds. The zero-order chi connectivity index (χ0) is 26.5. The topological polar surface area (TPSA) is 94.5 Å². The lowest BCUT2D eigenvalue weighted by atomic mass is 9.95. The highest BCUT2D eigenvalue weighted by molar-refractivity contribution is 6.46. The molecule has 0 saturated carbocycles. The molecule has 1 fully saturated rings. The van der Waals surface area contributed by atoms with Crippen LogP contribution in [0.5, 0.6) is 23.0 Å². The van der Waals surface area contributed by atoms with Crippen molar-refractivity contribution in [3.05, 3.63) is 89.0 Å². The second-order valence-corrected chi connectivity index (χ2v) is 8.35. The van der Waals surface area contributed by atoms with Gasteiger partial charge >= 0.3 is 0 Å². The standard InChI is InChI=1S/C29H29NO7/c1-5-37-22-11-7-9-20(16-22)27(31)25-26(19-8-6-10-21(15-19)34-2)30(29(33)28(25)32)17-18-12-13-23(35-3)24(14-18)36-4/h6-16,26,31H,5,17H2,1-4H3/b27-25+. The van der Waals surface area contributed by atoms with E-state index in [4.69, 9.17) is 18.9 Å². The van der Waals surface area contributed by atoms with E-state index >= 15 is 0 Å². The molecule has 1 atom stereocenters. The van der Waals surface area contributed by atoms with Gasteiger partial charge in [-0.05, 0) is 54.4 Å². The molecule has 3 aromatic carbocycles. The van der Waals surface area contributed by atoms with Gasteiger partial charge in [0.05, 0.1) is 39.6 Å². The maximum atomic E-state index is 13.4. The lowest BCUT2D eigenvalue weighted by Crippen LogP contribution is -2.29. The summed E-state index contributed by atoms with van der Waals surface area (Å²) < 4.78 is 21.7. The number of aliphatic hydroxyl groups excluding tert-OH is 1. The average Bonchev–Trinajstić information content (AvgIpc) is 3.17. The van der Waals surface area contributed by atoms with E-state index in [9.17, 15) is 14.7 Å². The van der Waals surface area contributed by atoms with Crippen molar-refractivity contribution in [2.45, 2.75) is 19.5 Å². The summed E-state index contributed by atoms with van der Waals surface area (Å²) in [6.45, 7) is 2.40. The molecule has 37 heavy (non-hydrogen) atoms. The van der Waals surface area contributed by atoms with Crippen LogP contribution in [0.15, 0.2) is 72.3 Å². The Kier molecular flexibility index (Phi) is 7.67. The summed E-state index contributed by atoms with van der Waals surface area (Å²) in [5, 5.41) is 11.4. The van der Waals surface area contributed by atoms with Crippen LogP contribution in [0.1, 0.15) is 29.7 Å². The van der Waals surface area contributed by atoms with E-state index in [1.165, 1.54) is 12.0 Å². The fraction of sp³-hybridized carbons (Fsp3) is 0.241. The van der Waals surface area contributed by atoms with E-state index in [0.717, 1.165) is 5.56 Å². The Bertz CT molecular complexity index is 1350. The number of amides is 1. The van der Waals surface area contributed by atoms with Crippen LogP contribution in [0.25, 0.3) is 5.76 Å². The number of ketones is 1. The van der Waals surface area contributed by atoms with E-state index in [2.05, 4.69) is 0 Å². The van der Waals surface area contributed by atoms with E-state index in [1.54, 1.807) is 80.9 Å². The molecule has 1 N–H and O–H groups in total. The number of rotatable bonds is 9. The third-order valence-corrected chi connectivity index (χ3v) is 6.17. The highest BCUT2D eigenvalue weighted by atomic mass is 16.5. The van der Waals surface area contributed by atoms with Crippen LogP contribution in [0.4, 0.5) is 0 Å². The first kappa shape index (κ1) is 25.6. The minimum atomic E-state index is -0.848. The van der Waals surface area contributed by atoms with Crippen LogP contribution in [-0.2, 0) is 16.1 Å². The van der Waals surface area contributed by atoms with Gasteiger partial charge in [0.25, 0.3) is 11.7 Å². The Morgan fingerprint density at radius 2 is 1.59 bits per heavy atom. The van der Waals surface area contributed by atoms with Crippen LogP contribution < -0.4 is 18.9 Å². The van der Waals surface area contributed by atoms with Crippen molar-refractivity contribution < 1.29 is 33.6 Å². The summed E-state index contributed by atoms with van der Waals surface area (Å²) in [5.74, 6) is 0.394. The lowest BCUT2D eigenvalue weighted by Gasteiger charge is -2.26. The third kappa shape index (κ3) is 5.09.